The van der Waals surface area contributed by atoms with Crippen LogP contribution in [0.1, 0.15) is 224 Å². The molecule has 68 heavy (non-hydrogen) atoms. The van der Waals surface area contributed by atoms with Crippen molar-refractivity contribution in [1.29, 1.82) is 0 Å². The van der Waals surface area contributed by atoms with Crippen LogP contribution in [0.5, 0.6) is 0 Å². The molecule has 400 valence electrons. The van der Waals surface area contributed by atoms with Crippen molar-refractivity contribution in [2.45, 2.75) is 263 Å². The van der Waals surface area contributed by atoms with Gasteiger partial charge in [-0.1, -0.05) is 0 Å². The molecule has 6 unspecified atom stereocenters. The Morgan fingerprint density at radius 2 is 0.735 bits per heavy atom. The van der Waals surface area contributed by atoms with Gasteiger partial charge in [-0.05, 0) is 0 Å². The van der Waals surface area contributed by atoms with Gasteiger partial charge in [0, 0.05) is 0 Å². The van der Waals surface area contributed by atoms with E-state index in [0.717, 1.165) is 89.9 Å². The second-order valence-electron chi connectivity index (χ2n) is 20.3. The molecule has 0 aliphatic rings. The molecule has 0 aliphatic heterocycles. The zero-order valence-electron chi connectivity index (χ0n) is 46.3. The van der Waals surface area contributed by atoms with Crippen molar-refractivity contribution in [2.24, 2.45) is 23.7 Å². The summed E-state index contributed by atoms with van der Waals surface area (Å²) in [6.07, 6.45) is 25.5. The molecular weight excluding hydrogens is 1100 g/mol. The average Bonchev–Trinajstić information content (AvgIpc) is 3.35. The van der Waals surface area contributed by atoms with Gasteiger partial charge in [0.05, 0.1) is 0 Å². The van der Waals surface area contributed by atoms with Crippen LogP contribution in [0, 0.1) is 23.7 Å². The number of ether oxygens (including phenoxy) is 4. The number of esters is 4. The van der Waals surface area contributed by atoms with Crippen LogP contribution in [0.3, 0.4) is 0 Å². The monoisotopic (exact) mass is 1210 g/mol. The fraction of sp³-hybridized carbons (Fsp3) is 0.893. The molecule has 0 spiro atoms. The van der Waals surface area contributed by atoms with Crippen LogP contribution in [0.2, 0.25) is 26.6 Å². The fourth-order valence-electron chi connectivity index (χ4n) is 9.51. The molecule has 0 aliphatic carbocycles. The summed E-state index contributed by atoms with van der Waals surface area (Å²) in [5.41, 5.74) is 0. The Labute approximate surface area is 434 Å². The molecule has 0 aromatic carbocycles. The van der Waals surface area contributed by atoms with Crippen molar-refractivity contribution in [3.8, 4) is 0 Å². The fourth-order valence-corrected chi connectivity index (χ4v) is 56.4. The van der Waals surface area contributed by atoms with E-state index in [1.807, 2.05) is 17.9 Å². The molecule has 0 rings (SSSR count). The predicted molar refractivity (Wildman–Crippen MR) is 300 cm³/mol. The van der Waals surface area contributed by atoms with Gasteiger partial charge in [0.1, 0.15) is 0 Å². The van der Waals surface area contributed by atoms with Gasteiger partial charge in [-0.25, -0.2) is 0 Å². The third-order valence-corrected chi connectivity index (χ3v) is 59.1. The number of hydrogen-bond acceptors (Lipinski definition) is 10. The van der Waals surface area contributed by atoms with E-state index in [-0.39, 0.29) is 24.1 Å². The van der Waals surface area contributed by atoms with Crippen LogP contribution < -0.4 is 0 Å². The molecule has 12 heteroatoms. The van der Waals surface area contributed by atoms with Crippen molar-refractivity contribution in [1.82, 2.24) is 0 Å². The summed E-state index contributed by atoms with van der Waals surface area (Å²) in [6.45, 7) is 27.6. The SMILES string of the molecule is CCCCC(CC)COC(=O)C[S][Sn]([CH2]CCC)([CH2]CCC)[CH2]C(CC)CC(CC)OC(=O)C=CC(=O)OC(CC)CC(CC)[CH2][Sn]([CH2]CCC)([CH2]CCC)[S]CC(=O)OCC(CC)CCCC. The summed E-state index contributed by atoms with van der Waals surface area (Å²) in [5, 5.41) is 0. The van der Waals surface area contributed by atoms with Crippen molar-refractivity contribution >= 4 is 75.8 Å². The summed E-state index contributed by atoms with van der Waals surface area (Å²) < 4.78 is 31.3. The van der Waals surface area contributed by atoms with E-state index in [9.17, 15) is 19.2 Å². The van der Waals surface area contributed by atoms with Gasteiger partial charge < -0.3 is 0 Å². The first kappa shape index (κ1) is 67.9. The van der Waals surface area contributed by atoms with Crippen LogP contribution in [0.15, 0.2) is 12.2 Å². The minimum absolute atomic E-state index is 0.0503. The second-order valence-corrected chi connectivity index (χ2v) is 59.5. The number of carbonyl (C=O) groups is 4. The predicted octanol–water partition coefficient (Wildman–Crippen LogP) is 17.1. The van der Waals surface area contributed by atoms with Gasteiger partial charge in [0.2, 0.25) is 0 Å². The van der Waals surface area contributed by atoms with Crippen LogP contribution in [0.4, 0.5) is 0 Å². The first-order valence-corrected chi connectivity index (χ1v) is 49.5. The standard InChI is InChI=1S/C20H34O4.2C10H20O2S.4C4H9.2Sn/c1-7-15(5)13-17(9-3)23-19(21)11-12-20(22)24-18(10-4)14-16(6)8-2;2*1-3-5-6-9(4-2)7-12-10(11)8-13;4*1-3-4-2;;/h11-12,15-18H,5-10,13-14H2,1-4H3;2*9,13H,3-8H2,1-2H3;4*1,3-4H2,2H3;;/q;;;;;;;2*+1/p-2. The van der Waals surface area contributed by atoms with Gasteiger partial charge in [0.15, 0.2) is 0 Å². The van der Waals surface area contributed by atoms with Crippen molar-refractivity contribution in [3.63, 3.8) is 0 Å². The number of carbonyl (C=O) groups excluding carboxylic acids is 4. The van der Waals surface area contributed by atoms with E-state index in [2.05, 4.69) is 83.1 Å². The van der Waals surface area contributed by atoms with E-state index < -0.39 is 45.9 Å². The summed E-state index contributed by atoms with van der Waals surface area (Å²) in [5.74, 6) is 1.56. The van der Waals surface area contributed by atoms with Gasteiger partial charge in [0.25, 0.3) is 0 Å². The summed E-state index contributed by atoms with van der Waals surface area (Å²) in [7, 11) is 4.03. The van der Waals surface area contributed by atoms with E-state index >= 15 is 0 Å². The van der Waals surface area contributed by atoms with Crippen LogP contribution in [-0.4, -0.2) is 94.8 Å². The number of rotatable bonds is 46. The van der Waals surface area contributed by atoms with Crippen molar-refractivity contribution < 1.29 is 38.1 Å². The topological polar surface area (TPSA) is 105 Å². The van der Waals surface area contributed by atoms with Crippen LogP contribution in [-0.2, 0) is 38.1 Å². The zero-order valence-corrected chi connectivity index (χ0v) is 53.7. The molecule has 6 atom stereocenters. The summed E-state index contributed by atoms with van der Waals surface area (Å²) >= 11 is -5.76. The molecule has 0 N–H and O–H groups in total. The van der Waals surface area contributed by atoms with E-state index in [4.69, 9.17) is 18.9 Å². The summed E-state index contributed by atoms with van der Waals surface area (Å²) in [6, 6.07) is 0. The van der Waals surface area contributed by atoms with Gasteiger partial charge in [-0.15, -0.1) is 0 Å². The molecule has 0 aromatic rings. The minimum atomic E-state index is -2.88. The Balaban J connectivity index is 5.79. The Morgan fingerprint density at radius 1 is 0.426 bits per heavy atom. The molecule has 0 saturated heterocycles. The molecule has 8 nitrogen and oxygen atoms in total. The number of hydrogen-bond donors (Lipinski definition) is 0. The molecule has 0 aromatic heterocycles. The van der Waals surface area contributed by atoms with Gasteiger partial charge in [-0.2, -0.15) is 0 Å². The maximum atomic E-state index is 13.3. The quantitative estimate of drug-likeness (QED) is 0.0253. The van der Waals surface area contributed by atoms with Crippen molar-refractivity contribution in [2.75, 3.05) is 24.7 Å². The van der Waals surface area contributed by atoms with E-state index in [0.29, 0.717) is 61.2 Å². The molecule has 0 fully saturated rings. The molecule has 0 amide bonds. The molecular formula is C56H108O8S2Sn2. The molecule has 0 saturated carbocycles. The molecule has 0 heterocycles. The van der Waals surface area contributed by atoms with E-state index in [1.165, 1.54) is 77.3 Å². The summed E-state index contributed by atoms with van der Waals surface area (Å²) in [4.78, 5) is 52.9. The third kappa shape index (κ3) is 32.2. The third-order valence-electron chi connectivity index (χ3n) is 14.5. The first-order valence-electron chi connectivity index (χ1n) is 28.4. The molecule has 0 bridgehead atoms. The van der Waals surface area contributed by atoms with Gasteiger partial charge in [-0.3, -0.25) is 0 Å². The Morgan fingerprint density at radius 3 is 1.00 bits per heavy atom. The zero-order chi connectivity index (χ0) is 51.1. The van der Waals surface area contributed by atoms with Gasteiger partial charge >= 0.3 is 438 Å². The first-order chi connectivity index (χ1) is 32.7. The van der Waals surface area contributed by atoms with Crippen LogP contribution in [0.25, 0.3) is 0 Å². The normalized spacial score (nSPS) is 14.8. The average molecular weight is 1210 g/mol. The van der Waals surface area contributed by atoms with Crippen molar-refractivity contribution in [3.05, 3.63) is 12.2 Å². The molecule has 0 radical (unpaired) electrons. The second kappa shape index (κ2) is 43.3. The number of unbranched alkanes of at least 4 members (excludes halogenated alkanes) is 6. The van der Waals surface area contributed by atoms with Crippen LogP contribution >= 0.6 is 17.9 Å². The van der Waals surface area contributed by atoms with E-state index in [1.54, 1.807) is 0 Å². The Bertz CT molecular complexity index is 1210. The Hall–Kier alpha value is -0.0826. The Kier molecular flexibility index (Phi) is 43.3. The maximum absolute atomic E-state index is 13.3.